The van der Waals surface area contributed by atoms with E-state index in [2.05, 4.69) is 13.8 Å². The Balaban J connectivity index is 1.66. The summed E-state index contributed by atoms with van der Waals surface area (Å²) in [6.07, 6.45) is 2.85. The summed E-state index contributed by atoms with van der Waals surface area (Å²) in [5.74, 6) is 1.06. The number of rotatable bonds is 4. The molecule has 0 aromatic carbocycles. The first kappa shape index (κ1) is 25.8. The minimum Gasteiger partial charge on any atom is -0.477 e. The molecule has 0 spiro atoms. The molecule has 2 aromatic rings. The number of carbonyl (C=O) groups excluding carboxylic acids is 2. The third kappa shape index (κ3) is 6.64. The highest BCUT2D eigenvalue weighted by Crippen LogP contribution is 2.29. The van der Waals surface area contributed by atoms with Crippen molar-refractivity contribution in [2.45, 2.75) is 85.4 Å². The third-order valence-electron chi connectivity index (χ3n) is 5.59. The zero-order chi connectivity index (χ0) is 25.3. The summed E-state index contributed by atoms with van der Waals surface area (Å²) in [6.45, 7) is 17.2. The smallest absolute Gasteiger partial charge is 0.419 e. The second-order valence-corrected chi connectivity index (χ2v) is 11.3. The fourth-order valence-electron chi connectivity index (χ4n) is 3.89. The summed E-state index contributed by atoms with van der Waals surface area (Å²) in [7, 11) is 0. The normalized spacial score (nSPS) is 15.6. The maximum absolute atomic E-state index is 12.7. The average molecular weight is 474 g/mol. The van der Waals surface area contributed by atoms with Crippen molar-refractivity contribution in [3.05, 3.63) is 23.9 Å². The number of likely N-dealkylation sites (tertiary alicyclic amines) is 1. The number of aromatic nitrogens is 2. The van der Waals surface area contributed by atoms with Gasteiger partial charge in [-0.2, -0.15) is 0 Å². The van der Waals surface area contributed by atoms with Gasteiger partial charge in [-0.15, -0.1) is 0 Å². The van der Waals surface area contributed by atoms with E-state index >= 15 is 0 Å². The Morgan fingerprint density at radius 1 is 1.00 bits per heavy atom. The molecular formula is C26H39N3O5. The van der Waals surface area contributed by atoms with Crippen LogP contribution in [0, 0.1) is 5.92 Å². The van der Waals surface area contributed by atoms with Crippen LogP contribution in [0.3, 0.4) is 0 Å². The van der Waals surface area contributed by atoms with Gasteiger partial charge in [-0.3, -0.25) is 4.57 Å². The van der Waals surface area contributed by atoms with Gasteiger partial charge in [-0.05, 0) is 77.8 Å². The summed E-state index contributed by atoms with van der Waals surface area (Å²) in [5, 5.41) is 0. The molecule has 1 aliphatic heterocycles. The molecule has 1 saturated heterocycles. The van der Waals surface area contributed by atoms with E-state index in [1.807, 2.05) is 53.8 Å². The van der Waals surface area contributed by atoms with Gasteiger partial charge in [0.1, 0.15) is 11.2 Å². The molecule has 2 aromatic heterocycles. The SMILES string of the molecule is CC(C)c1cn(C(=O)OC(C)(C)C)c2ccc(OCC3CCN(C(=O)OC(C)(C)C)CC3)nc12. The number of hydrogen-bond donors (Lipinski definition) is 0. The Bertz CT molecular complexity index is 1020. The summed E-state index contributed by atoms with van der Waals surface area (Å²) in [5.41, 5.74) is 1.35. The Labute approximate surface area is 202 Å². The number of piperidine rings is 1. The first-order valence-corrected chi connectivity index (χ1v) is 12.1. The van der Waals surface area contributed by atoms with E-state index in [0.717, 1.165) is 23.9 Å². The zero-order valence-corrected chi connectivity index (χ0v) is 21.8. The topological polar surface area (TPSA) is 82.9 Å². The van der Waals surface area contributed by atoms with Gasteiger partial charge in [-0.1, -0.05) is 13.8 Å². The molecule has 0 saturated carbocycles. The molecule has 0 unspecified atom stereocenters. The van der Waals surface area contributed by atoms with Crippen LogP contribution in [0.25, 0.3) is 11.0 Å². The van der Waals surface area contributed by atoms with Crippen molar-refractivity contribution < 1.29 is 23.8 Å². The quantitative estimate of drug-likeness (QED) is 0.544. The third-order valence-corrected chi connectivity index (χ3v) is 5.59. The lowest BCUT2D eigenvalue weighted by atomic mass is 9.98. The Morgan fingerprint density at radius 3 is 2.15 bits per heavy atom. The lowest BCUT2D eigenvalue weighted by molar-refractivity contribution is 0.0164. The number of nitrogens with zero attached hydrogens (tertiary/aromatic N) is 3. The molecule has 0 bridgehead atoms. The van der Waals surface area contributed by atoms with E-state index in [4.69, 9.17) is 19.2 Å². The molecule has 0 radical (unpaired) electrons. The van der Waals surface area contributed by atoms with Gasteiger partial charge >= 0.3 is 12.2 Å². The Morgan fingerprint density at radius 2 is 1.59 bits per heavy atom. The predicted molar refractivity (Wildman–Crippen MR) is 131 cm³/mol. The lowest BCUT2D eigenvalue weighted by Crippen LogP contribution is -2.42. The Hall–Kier alpha value is -2.77. The van der Waals surface area contributed by atoms with Crippen LogP contribution in [0.15, 0.2) is 18.3 Å². The molecule has 3 rings (SSSR count). The molecule has 0 atom stereocenters. The molecule has 3 heterocycles. The largest absolute Gasteiger partial charge is 0.477 e. The van der Waals surface area contributed by atoms with Gasteiger partial charge in [0.25, 0.3) is 0 Å². The summed E-state index contributed by atoms with van der Waals surface area (Å²) in [4.78, 5) is 31.5. The monoisotopic (exact) mass is 473 g/mol. The molecule has 0 aliphatic carbocycles. The van der Waals surface area contributed by atoms with E-state index in [9.17, 15) is 9.59 Å². The first-order chi connectivity index (χ1) is 15.7. The molecule has 34 heavy (non-hydrogen) atoms. The van der Waals surface area contributed by atoms with E-state index in [-0.39, 0.29) is 12.0 Å². The molecule has 8 nitrogen and oxygen atoms in total. The van der Waals surface area contributed by atoms with Crippen LogP contribution in [0.4, 0.5) is 9.59 Å². The molecular weight excluding hydrogens is 434 g/mol. The van der Waals surface area contributed by atoms with Crippen molar-refractivity contribution in [2.75, 3.05) is 19.7 Å². The first-order valence-electron chi connectivity index (χ1n) is 12.1. The van der Waals surface area contributed by atoms with Crippen molar-refractivity contribution in [1.82, 2.24) is 14.5 Å². The van der Waals surface area contributed by atoms with Crippen molar-refractivity contribution >= 4 is 23.2 Å². The zero-order valence-electron chi connectivity index (χ0n) is 21.8. The minimum atomic E-state index is -0.582. The van der Waals surface area contributed by atoms with Crippen LogP contribution in [0.5, 0.6) is 5.88 Å². The number of carbonyl (C=O) groups is 2. The highest BCUT2D eigenvalue weighted by Gasteiger charge is 2.27. The van der Waals surface area contributed by atoms with Gasteiger partial charge in [0.15, 0.2) is 0 Å². The van der Waals surface area contributed by atoms with E-state index in [1.54, 1.807) is 11.0 Å². The van der Waals surface area contributed by atoms with Gasteiger partial charge in [0, 0.05) is 25.4 Å². The molecule has 1 aliphatic rings. The highest BCUT2D eigenvalue weighted by molar-refractivity contribution is 5.90. The summed E-state index contributed by atoms with van der Waals surface area (Å²) in [6, 6.07) is 3.65. The van der Waals surface area contributed by atoms with Crippen LogP contribution >= 0.6 is 0 Å². The molecule has 8 heteroatoms. The maximum atomic E-state index is 12.7. The van der Waals surface area contributed by atoms with Crippen molar-refractivity contribution in [3.8, 4) is 5.88 Å². The van der Waals surface area contributed by atoms with Crippen LogP contribution in [0.1, 0.15) is 79.7 Å². The van der Waals surface area contributed by atoms with Crippen LogP contribution in [-0.4, -0.2) is 57.5 Å². The Kier molecular flexibility index (Phi) is 7.48. The minimum absolute atomic E-state index is 0.186. The second-order valence-electron chi connectivity index (χ2n) is 11.3. The maximum Gasteiger partial charge on any atom is 0.419 e. The van der Waals surface area contributed by atoms with E-state index in [1.165, 1.54) is 4.57 Å². The molecule has 1 fully saturated rings. The van der Waals surface area contributed by atoms with Crippen LogP contribution in [0.2, 0.25) is 0 Å². The van der Waals surface area contributed by atoms with E-state index < -0.39 is 17.3 Å². The van der Waals surface area contributed by atoms with Gasteiger partial charge < -0.3 is 19.1 Å². The van der Waals surface area contributed by atoms with Crippen molar-refractivity contribution in [1.29, 1.82) is 0 Å². The predicted octanol–water partition coefficient (Wildman–Crippen LogP) is 5.97. The van der Waals surface area contributed by atoms with Gasteiger partial charge in [0.2, 0.25) is 5.88 Å². The average Bonchev–Trinajstić information content (AvgIpc) is 3.09. The summed E-state index contributed by atoms with van der Waals surface area (Å²) < 4.78 is 18.6. The number of hydrogen-bond acceptors (Lipinski definition) is 6. The fraction of sp³-hybridized carbons (Fsp3) is 0.654. The molecule has 188 valence electrons. The fourth-order valence-corrected chi connectivity index (χ4v) is 3.89. The van der Waals surface area contributed by atoms with Crippen LogP contribution in [-0.2, 0) is 9.47 Å². The molecule has 0 N–H and O–H groups in total. The summed E-state index contributed by atoms with van der Waals surface area (Å²) >= 11 is 0. The van der Waals surface area contributed by atoms with Crippen LogP contribution < -0.4 is 4.74 Å². The number of ether oxygens (including phenoxy) is 3. The number of pyridine rings is 1. The number of fused-ring (bicyclic) bond motifs is 1. The standard InChI is InChI=1S/C26H39N3O5/c1-17(2)19-15-29(24(31)34-26(6,7)8)20-9-10-21(27-22(19)20)32-16-18-11-13-28(14-12-18)23(30)33-25(3,4)5/h9-10,15,17-18H,11-14,16H2,1-8H3. The van der Waals surface area contributed by atoms with Crippen molar-refractivity contribution in [3.63, 3.8) is 0 Å². The van der Waals surface area contributed by atoms with Gasteiger partial charge in [-0.25, -0.2) is 14.6 Å². The number of amides is 1. The van der Waals surface area contributed by atoms with Crippen molar-refractivity contribution in [2.24, 2.45) is 5.92 Å². The van der Waals surface area contributed by atoms with E-state index in [0.29, 0.717) is 37.0 Å². The molecule has 1 amide bonds. The highest BCUT2D eigenvalue weighted by atomic mass is 16.6. The lowest BCUT2D eigenvalue weighted by Gasteiger charge is -2.33. The second kappa shape index (κ2) is 9.84. The van der Waals surface area contributed by atoms with Gasteiger partial charge in [0.05, 0.1) is 17.6 Å².